The van der Waals surface area contributed by atoms with Crippen molar-refractivity contribution in [3.8, 4) is 22.3 Å². The van der Waals surface area contributed by atoms with Crippen molar-refractivity contribution in [2.75, 3.05) is 7.11 Å². The fourth-order valence-corrected chi connectivity index (χ4v) is 4.18. The zero-order valence-electron chi connectivity index (χ0n) is 20.3. The Morgan fingerprint density at radius 2 is 1.26 bits per heavy atom. The maximum atomic E-state index is 13.1. The van der Waals surface area contributed by atoms with Gasteiger partial charge >= 0.3 is 5.97 Å². The number of methoxy groups -OCH3 is 1. The first-order valence-corrected chi connectivity index (χ1v) is 11.4. The summed E-state index contributed by atoms with van der Waals surface area (Å²) < 4.78 is 8.48. The second-order valence-corrected chi connectivity index (χ2v) is 9.02. The molecule has 5 heteroatoms. The van der Waals surface area contributed by atoms with Crippen molar-refractivity contribution in [3.05, 3.63) is 95.6 Å². The van der Waals surface area contributed by atoms with E-state index in [4.69, 9.17) is 4.74 Å². The molecule has 0 unspecified atom stereocenters. The summed E-state index contributed by atoms with van der Waals surface area (Å²) in [7, 11) is 5.10. The van der Waals surface area contributed by atoms with Crippen molar-refractivity contribution in [2.45, 2.75) is 26.2 Å². The number of aryl methyl sites for hydroxylation is 2. The van der Waals surface area contributed by atoms with Gasteiger partial charge in [-0.2, -0.15) is 0 Å². The highest BCUT2D eigenvalue weighted by molar-refractivity contribution is 5.97. The van der Waals surface area contributed by atoms with E-state index in [0.717, 1.165) is 27.8 Å². The molecule has 2 aromatic carbocycles. The molecule has 4 rings (SSSR count). The predicted octanol–water partition coefficient (Wildman–Crippen LogP) is 6.03. The van der Waals surface area contributed by atoms with E-state index in [9.17, 15) is 9.59 Å². The Kier molecular flexibility index (Phi) is 6.55. The summed E-state index contributed by atoms with van der Waals surface area (Å²) >= 11 is 0. The molecule has 0 saturated carbocycles. The van der Waals surface area contributed by atoms with Gasteiger partial charge < -0.3 is 13.9 Å². The number of carbonyl (C=O) groups excluding carboxylic acids is 2. The van der Waals surface area contributed by atoms with Gasteiger partial charge in [-0.1, -0.05) is 62.4 Å². The van der Waals surface area contributed by atoms with E-state index in [0.29, 0.717) is 23.7 Å². The Morgan fingerprint density at radius 3 is 1.79 bits per heavy atom. The Labute approximate surface area is 200 Å². The summed E-state index contributed by atoms with van der Waals surface area (Å²) in [6, 6.07) is 20.2. The lowest BCUT2D eigenvalue weighted by Crippen LogP contribution is -2.08. The minimum Gasteiger partial charge on any atom is -0.464 e. The van der Waals surface area contributed by atoms with Gasteiger partial charge in [0.15, 0.2) is 5.78 Å². The quantitative estimate of drug-likeness (QED) is 0.253. The summed E-state index contributed by atoms with van der Waals surface area (Å²) in [5, 5.41) is 0. The molecule has 0 N–H and O–H groups in total. The van der Waals surface area contributed by atoms with Gasteiger partial charge in [0.25, 0.3) is 0 Å². The molecule has 0 fully saturated rings. The lowest BCUT2D eigenvalue weighted by Gasteiger charge is -2.05. The van der Waals surface area contributed by atoms with Gasteiger partial charge in [0, 0.05) is 44.0 Å². The number of esters is 1. The van der Waals surface area contributed by atoms with E-state index < -0.39 is 0 Å². The van der Waals surface area contributed by atoms with Crippen LogP contribution in [0, 0.1) is 0 Å². The largest absolute Gasteiger partial charge is 0.464 e. The number of carbonyl (C=O) groups is 2. The summed E-state index contributed by atoms with van der Waals surface area (Å²) in [5.74, 6) is 0.201. The Bertz CT molecular complexity index is 1320. The highest BCUT2D eigenvalue weighted by Gasteiger charge is 2.15. The number of ether oxygens (including phenoxy) is 1. The Balaban J connectivity index is 1.49. The summed E-state index contributed by atoms with van der Waals surface area (Å²) in [6.45, 7) is 4.36. The third kappa shape index (κ3) is 4.74. The monoisotopic (exact) mass is 454 g/mol. The fraction of sp³-hybridized carbons (Fsp3) is 0.241. The van der Waals surface area contributed by atoms with Gasteiger partial charge in [0.05, 0.1) is 12.8 Å². The number of nitrogens with zero attached hydrogens (tertiary/aromatic N) is 2. The van der Waals surface area contributed by atoms with E-state index >= 15 is 0 Å². The van der Waals surface area contributed by atoms with Crippen molar-refractivity contribution in [1.29, 1.82) is 0 Å². The van der Waals surface area contributed by atoms with Crippen LogP contribution in [-0.2, 0) is 25.3 Å². The molecule has 2 aromatic heterocycles. The van der Waals surface area contributed by atoms with Crippen LogP contribution in [0.25, 0.3) is 22.3 Å². The molecule has 0 atom stereocenters. The molecule has 174 valence electrons. The van der Waals surface area contributed by atoms with Crippen molar-refractivity contribution in [3.63, 3.8) is 0 Å². The van der Waals surface area contributed by atoms with Crippen molar-refractivity contribution < 1.29 is 14.3 Å². The van der Waals surface area contributed by atoms with Crippen LogP contribution in [0.2, 0.25) is 0 Å². The van der Waals surface area contributed by atoms with E-state index in [-0.39, 0.29) is 11.8 Å². The van der Waals surface area contributed by atoms with Crippen LogP contribution in [0.15, 0.2) is 73.1 Å². The molecular weight excluding hydrogens is 424 g/mol. The number of rotatable bonds is 7. The second-order valence-electron chi connectivity index (χ2n) is 9.02. The van der Waals surface area contributed by atoms with Gasteiger partial charge in [-0.05, 0) is 40.3 Å². The fourth-order valence-electron chi connectivity index (χ4n) is 4.18. The van der Waals surface area contributed by atoms with Gasteiger partial charge in [0.1, 0.15) is 5.69 Å². The first kappa shape index (κ1) is 23.3. The lowest BCUT2D eigenvalue weighted by atomic mass is 9.99. The summed E-state index contributed by atoms with van der Waals surface area (Å²) in [6.07, 6.45) is 4.23. The molecule has 0 aliphatic carbocycles. The van der Waals surface area contributed by atoms with Crippen molar-refractivity contribution in [1.82, 2.24) is 9.13 Å². The summed E-state index contributed by atoms with van der Waals surface area (Å²) in [4.78, 5) is 24.9. The maximum absolute atomic E-state index is 13.1. The van der Waals surface area contributed by atoms with E-state index in [2.05, 4.69) is 38.1 Å². The highest BCUT2D eigenvalue weighted by atomic mass is 16.5. The van der Waals surface area contributed by atoms with E-state index in [1.54, 1.807) is 4.57 Å². The Hall–Kier alpha value is -3.86. The van der Waals surface area contributed by atoms with Gasteiger partial charge in [-0.3, -0.25) is 4.79 Å². The van der Waals surface area contributed by atoms with Crippen molar-refractivity contribution >= 4 is 11.8 Å². The standard InChI is InChI=1S/C29H30N2O3/c1-19(2)21-10-12-23(13-11-21)24-15-26(30(3)17-24)28(32)14-20-6-8-22(9-7-20)25-16-27(29(33)34-5)31(4)18-25/h6-13,15-19H,14H2,1-5H3. The molecule has 0 aliphatic heterocycles. The van der Waals surface area contributed by atoms with Gasteiger partial charge in [-0.15, -0.1) is 0 Å². The molecular formula is C29H30N2O3. The number of aromatic nitrogens is 2. The SMILES string of the molecule is COC(=O)c1cc(-c2ccc(CC(=O)c3cc(-c4ccc(C(C)C)cc4)cn3C)cc2)cn1C. The smallest absolute Gasteiger partial charge is 0.354 e. The second kappa shape index (κ2) is 9.56. The van der Waals surface area contributed by atoms with Crippen LogP contribution >= 0.6 is 0 Å². The molecule has 34 heavy (non-hydrogen) atoms. The van der Waals surface area contributed by atoms with Crippen LogP contribution in [-0.4, -0.2) is 28.0 Å². The average molecular weight is 455 g/mol. The van der Waals surface area contributed by atoms with Crippen LogP contribution < -0.4 is 0 Å². The molecule has 0 bridgehead atoms. The molecule has 0 amide bonds. The van der Waals surface area contributed by atoms with Crippen LogP contribution in [0.4, 0.5) is 0 Å². The zero-order chi connectivity index (χ0) is 24.4. The molecule has 0 radical (unpaired) electrons. The summed E-state index contributed by atoms with van der Waals surface area (Å²) in [5.41, 5.74) is 7.50. The minimum absolute atomic E-state index is 0.0768. The van der Waals surface area contributed by atoms with Gasteiger partial charge in [0.2, 0.25) is 0 Å². The number of ketones is 1. The first-order valence-electron chi connectivity index (χ1n) is 11.4. The minimum atomic E-state index is -0.367. The van der Waals surface area contributed by atoms with Crippen LogP contribution in [0.3, 0.4) is 0 Å². The molecule has 5 nitrogen and oxygen atoms in total. The molecule has 0 saturated heterocycles. The first-order chi connectivity index (χ1) is 16.3. The molecule has 0 aliphatic rings. The Morgan fingerprint density at radius 1 is 0.765 bits per heavy atom. The number of hydrogen-bond acceptors (Lipinski definition) is 3. The number of Topliss-reactive ketones (excluding diaryl/α,β-unsaturated/α-hetero) is 1. The van der Waals surface area contributed by atoms with E-state index in [1.165, 1.54) is 12.7 Å². The van der Waals surface area contributed by atoms with Crippen LogP contribution in [0.1, 0.15) is 51.9 Å². The topological polar surface area (TPSA) is 53.2 Å². The molecule has 4 aromatic rings. The molecule has 0 spiro atoms. The highest BCUT2D eigenvalue weighted by Crippen LogP contribution is 2.26. The van der Waals surface area contributed by atoms with Crippen LogP contribution in [0.5, 0.6) is 0 Å². The predicted molar refractivity (Wildman–Crippen MR) is 135 cm³/mol. The molecule has 2 heterocycles. The lowest BCUT2D eigenvalue weighted by molar-refractivity contribution is 0.0590. The van der Waals surface area contributed by atoms with Crippen molar-refractivity contribution in [2.24, 2.45) is 14.1 Å². The van der Waals surface area contributed by atoms with E-state index in [1.807, 2.05) is 67.5 Å². The number of hydrogen-bond donors (Lipinski definition) is 0. The zero-order valence-corrected chi connectivity index (χ0v) is 20.3. The number of benzene rings is 2. The van der Waals surface area contributed by atoms with Gasteiger partial charge in [-0.25, -0.2) is 4.79 Å². The third-order valence-corrected chi connectivity index (χ3v) is 6.25. The third-order valence-electron chi connectivity index (χ3n) is 6.25. The maximum Gasteiger partial charge on any atom is 0.354 e. The normalized spacial score (nSPS) is 11.1. The average Bonchev–Trinajstić information content (AvgIpc) is 3.42.